The molecule has 9 heteroatoms. The second-order valence-electron chi connectivity index (χ2n) is 6.30. The number of imide groups is 1. The van der Waals surface area contributed by atoms with Gasteiger partial charge in [0, 0.05) is 6.54 Å². The SMILES string of the molecule is CCCS(=O)(=O)N1CCCCC1C(=O)ON1C(=O)c2ccccc2C1=O. The summed E-state index contributed by atoms with van der Waals surface area (Å²) >= 11 is 0. The first kappa shape index (κ1) is 18.5. The van der Waals surface area contributed by atoms with E-state index in [1.54, 1.807) is 19.1 Å². The summed E-state index contributed by atoms with van der Waals surface area (Å²) in [5, 5.41) is 0.423. The Kier molecular flexibility index (Phi) is 5.10. The molecular formula is C17H20N2O6S. The van der Waals surface area contributed by atoms with Crippen molar-refractivity contribution >= 4 is 27.8 Å². The van der Waals surface area contributed by atoms with Gasteiger partial charge < -0.3 is 4.84 Å². The van der Waals surface area contributed by atoms with Crippen LogP contribution >= 0.6 is 0 Å². The maximum absolute atomic E-state index is 12.6. The number of nitrogens with zero attached hydrogens (tertiary/aromatic N) is 2. The third kappa shape index (κ3) is 3.24. The monoisotopic (exact) mass is 380 g/mol. The molecule has 1 aromatic rings. The lowest BCUT2D eigenvalue weighted by molar-refractivity contribution is -0.174. The molecule has 0 aliphatic carbocycles. The highest BCUT2D eigenvalue weighted by Crippen LogP contribution is 2.26. The molecule has 1 unspecified atom stereocenters. The average molecular weight is 380 g/mol. The highest BCUT2D eigenvalue weighted by molar-refractivity contribution is 7.89. The molecule has 0 aromatic heterocycles. The smallest absolute Gasteiger partial charge is 0.328 e. The lowest BCUT2D eigenvalue weighted by Crippen LogP contribution is -2.51. The second kappa shape index (κ2) is 7.16. The fourth-order valence-electron chi connectivity index (χ4n) is 3.25. The maximum Gasteiger partial charge on any atom is 0.351 e. The molecule has 0 radical (unpaired) electrons. The van der Waals surface area contributed by atoms with Gasteiger partial charge in [-0.05, 0) is 37.8 Å². The number of hydrogen-bond donors (Lipinski definition) is 0. The standard InChI is InChI=1S/C17H20N2O6S/c1-2-11-26(23,24)18-10-6-5-9-14(18)17(22)25-19-15(20)12-7-3-4-8-13(12)16(19)21/h3-4,7-8,14H,2,5-6,9-11H2,1H3. The second-order valence-corrected chi connectivity index (χ2v) is 8.34. The molecule has 26 heavy (non-hydrogen) atoms. The molecule has 1 fully saturated rings. The molecule has 1 atom stereocenters. The van der Waals surface area contributed by atoms with E-state index in [-0.39, 0.29) is 23.4 Å². The van der Waals surface area contributed by atoms with Crippen LogP contribution < -0.4 is 0 Å². The molecule has 2 heterocycles. The van der Waals surface area contributed by atoms with Crippen LogP contribution in [0.15, 0.2) is 24.3 Å². The predicted octanol–water partition coefficient (Wildman–Crippen LogP) is 1.34. The van der Waals surface area contributed by atoms with Crippen molar-refractivity contribution in [3.05, 3.63) is 35.4 Å². The molecule has 0 spiro atoms. The number of hydrogen-bond acceptors (Lipinski definition) is 6. The van der Waals surface area contributed by atoms with Gasteiger partial charge in [-0.1, -0.05) is 24.1 Å². The lowest BCUT2D eigenvalue weighted by Gasteiger charge is -2.33. The van der Waals surface area contributed by atoms with E-state index < -0.39 is 33.8 Å². The Balaban J connectivity index is 1.79. The van der Waals surface area contributed by atoms with Crippen molar-refractivity contribution in [3.8, 4) is 0 Å². The first-order valence-corrected chi connectivity index (χ1v) is 10.2. The van der Waals surface area contributed by atoms with Crippen LogP contribution in [0.5, 0.6) is 0 Å². The fraction of sp³-hybridized carbons (Fsp3) is 0.471. The summed E-state index contributed by atoms with van der Waals surface area (Å²) in [6, 6.07) is 5.14. The minimum Gasteiger partial charge on any atom is -0.328 e. The van der Waals surface area contributed by atoms with Crippen molar-refractivity contribution < 1.29 is 27.6 Å². The molecule has 2 aliphatic rings. The van der Waals surface area contributed by atoms with E-state index in [0.717, 1.165) is 4.31 Å². The van der Waals surface area contributed by atoms with Gasteiger partial charge in [-0.3, -0.25) is 9.59 Å². The van der Waals surface area contributed by atoms with Crippen LogP contribution in [0.3, 0.4) is 0 Å². The molecule has 0 bridgehead atoms. The number of hydroxylamine groups is 2. The number of sulfonamides is 1. The molecule has 0 saturated carbocycles. The Morgan fingerprint density at radius 1 is 1.15 bits per heavy atom. The number of rotatable bonds is 5. The van der Waals surface area contributed by atoms with E-state index in [1.807, 2.05) is 0 Å². The summed E-state index contributed by atoms with van der Waals surface area (Å²) in [4.78, 5) is 42.2. The number of carbonyl (C=O) groups is 3. The summed E-state index contributed by atoms with van der Waals surface area (Å²) < 4.78 is 26.0. The van der Waals surface area contributed by atoms with Crippen LogP contribution in [0.2, 0.25) is 0 Å². The van der Waals surface area contributed by atoms with Gasteiger partial charge in [-0.2, -0.15) is 4.31 Å². The van der Waals surface area contributed by atoms with Gasteiger partial charge in [-0.15, -0.1) is 0 Å². The van der Waals surface area contributed by atoms with Crippen molar-refractivity contribution in [2.24, 2.45) is 0 Å². The summed E-state index contributed by atoms with van der Waals surface area (Å²) in [5.41, 5.74) is 0.314. The third-order valence-corrected chi connectivity index (χ3v) is 6.56. The Bertz CT molecular complexity index is 816. The zero-order chi connectivity index (χ0) is 18.9. The number of carbonyl (C=O) groups excluding carboxylic acids is 3. The Labute approximate surface area is 151 Å². The lowest BCUT2D eigenvalue weighted by atomic mass is 10.1. The van der Waals surface area contributed by atoms with Gasteiger partial charge in [-0.25, -0.2) is 13.2 Å². The summed E-state index contributed by atoms with van der Waals surface area (Å²) in [5.74, 6) is -2.42. The quantitative estimate of drug-likeness (QED) is 0.715. The fourth-order valence-corrected chi connectivity index (χ4v) is 4.99. The number of fused-ring (bicyclic) bond motifs is 1. The van der Waals surface area contributed by atoms with Crippen molar-refractivity contribution in [3.63, 3.8) is 0 Å². The van der Waals surface area contributed by atoms with Crippen LogP contribution in [-0.2, 0) is 19.7 Å². The topological polar surface area (TPSA) is 101 Å². The van der Waals surface area contributed by atoms with Gasteiger partial charge in [0.15, 0.2) is 0 Å². The van der Waals surface area contributed by atoms with Crippen LogP contribution in [0, 0.1) is 0 Å². The Morgan fingerprint density at radius 2 is 1.77 bits per heavy atom. The van der Waals surface area contributed by atoms with E-state index >= 15 is 0 Å². The minimum atomic E-state index is -3.60. The van der Waals surface area contributed by atoms with E-state index in [1.165, 1.54) is 12.1 Å². The van der Waals surface area contributed by atoms with Gasteiger partial charge in [0.25, 0.3) is 11.8 Å². The number of piperidine rings is 1. The summed E-state index contributed by atoms with van der Waals surface area (Å²) in [6.45, 7) is 1.97. The normalized spacial score (nSPS) is 21.0. The molecule has 140 valence electrons. The maximum atomic E-state index is 12.6. The van der Waals surface area contributed by atoms with Crippen LogP contribution in [0.1, 0.15) is 53.3 Å². The largest absolute Gasteiger partial charge is 0.351 e. The van der Waals surface area contributed by atoms with Crippen molar-refractivity contribution in [1.29, 1.82) is 0 Å². The van der Waals surface area contributed by atoms with Gasteiger partial charge >= 0.3 is 5.97 Å². The van der Waals surface area contributed by atoms with Crippen LogP contribution in [-0.4, -0.2) is 53.9 Å². The minimum absolute atomic E-state index is 0.0657. The zero-order valence-electron chi connectivity index (χ0n) is 14.4. The highest BCUT2D eigenvalue weighted by Gasteiger charge is 2.43. The van der Waals surface area contributed by atoms with Gasteiger partial charge in [0.05, 0.1) is 16.9 Å². The average Bonchev–Trinajstić information content (AvgIpc) is 2.87. The molecule has 2 amide bonds. The Morgan fingerprint density at radius 3 is 2.35 bits per heavy atom. The number of benzene rings is 1. The highest BCUT2D eigenvalue weighted by atomic mass is 32.2. The molecule has 3 rings (SSSR count). The van der Waals surface area contributed by atoms with Crippen molar-refractivity contribution in [2.75, 3.05) is 12.3 Å². The Hall–Kier alpha value is -2.26. The molecule has 1 saturated heterocycles. The van der Waals surface area contributed by atoms with Gasteiger partial charge in [0.1, 0.15) is 6.04 Å². The molecule has 2 aliphatic heterocycles. The van der Waals surface area contributed by atoms with E-state index in [9.17, 15) is 22.8 Å². The first-order valence-electron chi connectivity index (χ1n) is 8.56. The predicted molar refractivity (Wildman–Crippen MR) is 91.5 cm³/mol. The van der Waals surface area contributed by atoms with E-state index in [4.69, 9.17) is 4.84 Å². The van der Waals surface area contributed by atoms with E-state index in [0.29, 0.717) is 30.7 Å². The molecule has 0 N–H and O–H groups in total. The summed E-state index contributed by atoms with van der Waals surface area (Å²) in [6.07, 6.45) is 2.05. The van der Waals surface area contributed by atoms with E-state index in [2.05, 4.69) is 0 Å². The molecular weight excluding hydrogens is 360 g/mol. The van der Waals surface area contributed by atoms with Gasteiger partial charge in [0.2, 0.25) is 10.0 Å². The summed E-state index contributed by atoms with van der Waals surface area (Å²) in [7, 11) is -3.60. The third-order valence-electron chi connectivity index (χ3n) is 4.48. The molecule has 8 nitrogen and oxygen atoms in total. The van der Waals surface area contributed by atoms with Crippen molar-refractivity contribution in [1.82, 2.24) is 9.37 Å². The van der Waals surface area contributed by atoms with Crippen LogP contribution in [0.4, 0.5) is 0 Å². The van der Waals surface area contributed by atoms with Crippen molar-refractivity contribution in [2.45, 2.75) is 38.6 Å². The number of amides is 2. The zero-order valence-corrected chi connectivity index (χ0v) is 15.2. The van der Waals surface area contributed by atoms with Crippen LogP contribution in [0.25, 0.3) is 0 Å². The molecule has 1 aromatic carbocycles. The first-order chi connectivity index (χ1) is 12.4.